The lowest BCUT2D eigenvalue weighted by molar-refractivity contribution is -0.385. The summed E-state index contributed by atoms with van der Waals surface area (Å²) in [6.45, 7) is 2.22. The molecule has 2 aromatic heterocycles. The van der Waals surface area contributed by atoms with Crippen LogP contribution in [0.15, 0.2) is 36.9 Å². The van der Waals surface area contributed by atoms with Gasteiger partial charge in [0.2, 0.25) is 11.9 Å². The molecule has 10 nitrogen and oxygen atoms in total. The van der Waals surface area contributed by atoms with Crippen molar-refractivity contribution < 1.29 is 9.72 Å². The van der Waals surface area contributed by atoms with Crippen LogP contribution in [0.2, 0.25) is 10.0 Å². The van der Waals surface area contributed by atoms with Gasteiger partial charge >= 0.3 is 5.69 Å². The van der Waals surface area contributed by atoms with Crippen LogP contribution in [0.1, 0.15) is 12.5 Å². The van der Waals surface area contributed by atoms with Crippen LogP contribution in [0.3, 0.4) is 0 Å². The van der Waals surface area contributed by atoms with Gasteiger partial charge in [0.05, 0.1) is 23.9 Å². The van der Waals surface area contributed by atoms with Gasteiger partial charge < -0.3 is 0 Å². The normalized spacial score (nSPS) is 12.0. The van der Waals surface area contributed by atoms with Crippen molar-refractivity contribution in [3.05, 3.63) is 62.6 Å². The number of hydrogen-bond donors (Lipinski definition) is 1. The molecule has 1 N–H and O–H groups in total. The molecule has 1 aromatic carbocycles. The van der Waals surface area contributed by atoms with Gasteiger partial charge in [-0.25, -0.2) is 9.67 Å². The first-order chi connectivity index (χ1) is 13.3. The van der Waals surface area contributed by atoms with E-state index in [2.05, 4.69) is 20.5 Å². The fraction of sp³-hybridized carbons (Fsp3) is 0.250. The third-order valence-electron chi connectivity index (χ3n) is 3.86. The summed E-state index contributed by atoms with van der Waals surface area (Å²) in [4.78, 5) is 26.5. The van der Waals surface area contributed by atoms with Crippen LogP contribution in [0.25, 0.3) is 0 Å². The number of nitrogens with one attached hydrogen (secondary N) is 1. The number of nitrogens with zero attached hydrogens (tertiary/aromatic N) is 6. The van der Waals surface area contributed by atoms with Crippen LogP contribution >= 0.6 is 23.2 Å². The van der Waals surface area contributed by atoms with Gasteiger partial charge in [0.25, 0.3) is 0 Å². The molecule has 0 aliphatic rings. The molecular formula is C16H15Cl2N7O3. The number of anilines is 1. The van der Waals surface area contributed by atoms with Gasteiger partial charge in [-0.15, -0.1) is 5.10 Å². The van der Waals surface area contributed by atoms with E-state index >= 15 is 0 Å². The number of carbonyl (C=O) groups excluding carboxylic acids is 1. The van der Waals surface area contributed by atoms with Gasteiger partial charge in [-0.3, -0.25) is 24.9 Å². The number of rotatable bonds is 7. The number of amides is 1. The van der Waals surface area contributed by atoms with Gasteiger partial charge in [0, 0.05) is 10.0 Å². The van der Waals surface area contributed by atoms with E-state index in [0.29, 0.717) is 16.6 Å². The lowest BCUT2D eigenvalue weighted by Gasteiger charge is -2.10. The molecule has 0 fully saturated rings. The molecule has 0 bridgehead atoms. The lowest BCUT2D eigenvalue weighted by Crippen LogP contribution is -2.25. The Kier molecular flexibility index (Phi) is 5.90. The number of hydrogen-bond acceptors (Lipinski definition) is 6. The average molecular weight is 424 g/mol. The minimum atomic E-state index is -0.544. The number of benzene rings is 1. The first-order valence-corrected chi connectivity index (χ1v) is 8.88. The highest BCUT2D eigenvalue weighted by Gasteiger charge is 2.18. The minimum absolute atomic E-state index is 0.131. The Morgan fingerprint density at radius 3 is 2.82 bits per heavy atom. The number of aromatic nitrogens is 5. The molecule has 2 heterocycles. The number of nitro groups is 1. The Morgan fingerprint density at radius 1 is 1.36 bits per heavy atom. The molecule has 0 saturated heterocycles. The van der Waals surface area contributed by atoms with Gasteiger partial charge in [-0.05, 0) is 17.7 Å². The Hall–Kier alpha value is -2.98. The molecule has 1 amide bonds. The highest BCUT2D eigenvalue weighted by molar-refractivity contribution is 6.35. The molecule has 28 heavy (non-hydrogen) atoms. The molecule has 0 aliphatic heterocycles. The summed E-state index contributed by atoms with van der Waals surface area (Å²) in [7, 11) is 0. The SMILES string of the molecule is CC(Cn1cc([N+](=O)[O-])cn1)C(=O)Nc1ncn(Cc2ccc(Cl)cc2Cl)n1. The second kappa shape index (κ2) is 8.36. The molecule has 0 aliphatic carbocycles. The van der Waals surface area contributed by atoms with Gasteiger partial charge in [-0.2, -0.15) is 5.10 Å². The van der Waals surface area contributed by atoms with Crippen LogP contribution in [-0.2, 0) is 17.9 Å². The zero-order valence-corrected chi connectivity index (χ0v) is 16.1. The molecule has 0 saturated carbocycles. The van der Waals surface area contributed by atoms with Crippen LogP contribution < -0.4 is 5.32 Å². The molecule has 3 aromatic rings. The van der Waals surface area contributed by atoms with E-state index in [4.69, 9.17) is 23.2 Å². The average Bonchev–Trinajstić information content (AvgIpc) is 3.27. The largest absolute Gasteiger partial charge is 0.306 e. The lowest BCUT2D eigenvalue weighted by atomic mass is 10.1. The van der Waals surface area contributed by atoms with Crippen molar-refractivity contribution >= 4 is 40.7 Å². The minimum Gasteiger partial charge on any atom is -0.293 e. The predicted octanol–water partition coefficient (Wildman–Crippen LogP) is 3.01. The van der Waals surface area contributed by atoms with Crippen LogP contribution in [0.4, 0.5) is 11.6 Å². The maximum absolute atomic E-state index is 12.3. The summed E-state index contributed by atoms with van der Waals surface area (Å²) < 4.78 is 2.88. The van der Waals surface area contributed by atoms with Crippen molar-refractivity contribution in [1.82, 2.24) is 24.5 Å². The Morgan fingerprint density at radius 2 is 2.14 bits per heavy atom. The summed E-state index contributed by atoms with van der Waals surface area (Å²) in [5.74, 6) is -0.689. The Balaban J connectivity index is 1.58. The van der Waals surface area contributed by atoms with E-state index in [1.165, 1.54) is 21.9 Å². The number of carbonyl (C=O) groups is 1. The fourth-order valence-electron chi connectivity index (χ4n) is 2.40. The zero-order valence-electron chi connectivity index (χ0n) is 14.6. The molecule has 0 radical (unpaired) electrons. The van der Waals surface area contributed by atoms with E-state index in [9.17, 15) is 14.9 Å². The van der Waals surface area contributed by atoms with E-state index in [0.717, 1.165) is 11.8 Å². The van der Waals surface area contributed by atoms with Crippen molar-refractivity contribution in [3.8, 4) is 0 Å². The topological polar surface area (TPSA) is 121 Å². The van der Waals surface area contributed by atoms with E-state index in [1.54, 1.807) is 25.1 Å². The van der Waals surface area contributed by atoms with Gasteiger partial charge in [-0.1, -0.05) is 36.2 Å². The maximum Gasteiger partial charge on any atom is 0.306 e. The monoisotopic (exact) mass is 423 g/mol. The maximum atomic E-state index is 12.3. The number of halogens is 2. The highest BCUT2D eigenvalue weighted by Crippen LogP contribution is 2.21. The summed E-state index contributed by atoms with van der Waals surface area (Å²) in [5.41, 5.74) is 0.677. The standard InChI is InChI=1S/C16H15Cl2N7O3/c1-10(6-23-8-13(5-20-23)25(27)28)15(26)21-16-19-9-24(22-16)7-11-2-3-12(17)4-14(11)18/h2-5,8-10H,6-7H2,1H3,(H,21,22,26). The smallest absolute Gasteiger partial charge is 0.293 e. The predicted molar refractivity (Wildman–Crippen MR) is 102 cm³/mol. The van der Waals surface area contributed by atoms with Crippen LogP contribution in [0, 0.1) is 16.0 Å². The van der Waals surface area contributed by atoms with E-state index in [-0.39, 0.29) is 24.1 Å². The molecule has 1 atom stereocenters. The second-order valence-corrected chi connectivity index (χ2v) is 6.91. The van der Waals surface area contributed by atoms with Crippen molar-refractivity contribution in [1.29, 1.82) is 0 Å². The van der Waals surface area contributed by atoms with Gasteiger partial charge in [0.15, 0.2) is 0 Å². The van der Waals surface area contributed by atoms with Crippen molar-refractivity contribution in [2.75, 3.05) is 5.32 Å². The third kappa shape index (κ3) is 4.84. The molecule has 146 valence electrons. The molecular weight excluding hydrogens is 409 g/mol. The zero-order chi connectivity index (χ0) is 20.3. The molecule has 3 rings (SSSR count). The van der Waals surface area contributed by atoms with Crippen LogP contribution in [0.5, 0.6) is 0 Å². The molecule has 0 spiro atoms. The first-order valence-electron chi connectivity index (χ1n) is 8.13. The quantitative estimate of drug-likeness (QED) is 0.460. The summed E-state index contributed by atoms with van der Waals surface area (Å²) >= 11 is 12.0. The molecule has 12 heteroatoms. The Bertz CT molecular complexity index is 1020. The summed E-state index contributed by atoms with van der Waals surface area (Å²) in [6.07, 6.45) is 3.88. The van der Waals surface area contributed by atoms with Crippen molar-refractivity contribution in [2.45, 2.75) is 20.0 Å². The third-order valence-corrected chi connectivity index (χ3v) is 4.44. The first kappa shape index (κ1) is 19.8. The van der Waals surface area contributed by atoms with Crippen LogP contribution in [-0.4, -0.2) is 35.4 Å². The van der Waals surface area contributed by atoms with Crippen molar-refractivity contribution in [2.24, 2.45) is 5.92 Å². The fourth-order valence-corrected chi connectivity index (χ4v) is 2.86. The Labute approximate surface area is 169 Å². The van der Waals surface area contributed by atoms with Crippen molar-refractivity contribution in [3.63, 3.8) is 0 Å². The van der Waals surface area contributed by atoms with E-state index in [1.807, 2.05) is 0 Å². The van der Waals surface area contributed by atoms with E-state index < -0.39 is 10.8 Å². The van der Waals surface area contributed by atoms with Gasteiger partial charge in [0.1, 0.15) is 18.7 Å². The summed E-state index contributed by atoms with van der Waals surface area (Å²) in [5, 5.41) is 22.4. The highest BCUT2D eigenvalue weighted by atomic mass is 35.5. The summed E-state index contributed by atoms with van der Waals surface area (Å²) in [6, 6.07) is 5.15. The second-order valence-electron chi connectivity index (χ2n) is 6.07. The molecule has 1 unspecified atom stereocenters.